The van der Waals surface area contributed by atoms with Crippen LogP contribution in [0.25, 0.3) is 0 Å². The lowest BCUT2D eigenvalue weighted by Crippen LogP contribution is -2.01. The lowest BCUT2D eigenvalue weighted by molar-refractivity contribution is 0.394. The molecule has 0 saturated heterocycles. The second kappa shape index (κ2) is 7.98. The maximum absolute atomic E-state index is 5.53. The van der Waals surface area contributed by atoms with Crippen molar-refractivity contribution in [2.75, 3.05) is 20.8 Å². The van der Waals surface area contributed by atoms with E-state index >= 15 is 0 Å². The van der Waals surface area contributed by atoms with E-state index in [-0.39, 0.29) is 0 Å². The van der Waals surface area contributed by atoms with Gasteiger partial charge in [-0.15, -0.1) is 0 Å². The summed E-state index contributed by atoms with van der Waals surface area (Å²) in [5.74, 6) is 1.94. The first kappa shape index (κ1) is 14.8. The Hall–Kier alpha value is -1.22. The zero-order chi connectivity index (χ0) is 13.4. The molecule has 3 nitrogen and oxygen atoms in total. The molecule has 0 fully saturated rings. The number of aryl methyl sites for hydroxylation is 2. The van der Waals surface area contributed by atoms with Crippen molar-refractivity contribution < 1.29 is 9.47 Å². The van der Waals surface area contributed by atoms with E-state index in [1.165, 1.54) is 11.1 Å². The van der Waals surface area contributed by atoms with Gasteiger partial charge in [0, 0.05) is 0 Å². The molecule has 0 heterocycles. The summed E-state index contributed by atoms with van der Waals surface area (Å²) in [6.45, 7) is 2.91. The second-order valence-corrected chi connectivity index (χ2v) is 4.47. The van der Waals surface area contributed by atoms with Crippen molar-refractivity contribution in [3.63, 3.8) is 0 Å². The van der Waals surface area contributed by atoms with E-state index in [4.69, 9.17) is 15.2 Å². The van der Waals surface area contributed by atoms with E-state index in [2.05, 4.69) is 19.1 Å². The fraction of sp³-hybridized carbons (Fsp3) is 0.600. The highest BCUT2D eigenvalue weighted by molar-refractivity contribution is 5.46. The maximum Gasteiger partial charge on any atom is 0.122 e. The lowest BCUT2D eigenvalue weighted by Gasteiger charge is -2.14. The largest absolute Gasteiger partial charge is 0.496 e. The molecule has 1 aromatic rings. The van der Waals surface area contributed by atoms with Gasteiger partial charge in [-0.1, -0.05) is 13.3 Å². The number of rotatable bonds is 8. The number of nitrogens with two attached hydrogens (primary N) is 1. The van der Waals surface area contributed by atoms with Gasteiger partial charge in [0.05, 0.1) is 14.2 Å². The number of benzene rings is 1. The molecule has 0 saturated carbocycles. The average Bonchev–Trinajstić information content (AvgIpc) is 2.40. The Bertz CT molecular complexity index is 364. The van der Waals surface area contributed by atoms with Gasteiger partial charge >= 0.3 is 0 Å². The predicted molar refractivity (Wildman–Crippen MR) is 75.5 cm³/mol. The molecule has 0 radical (unpaired) electrons. The Kier molecular flexibility index (Phi) is 6.58. The van der Waals surface area contributed by atoms with Crippen LogP contribution in [0.3, 0.4) is 0 Å². The molecule has 102 valence electrons. The van der Waals surface area contributed by atoms with E-state index in [0.717, 1.165) is 50.1 Å². The second-order valence-electron chi connectivity index (χ2n) is 4.47. The monoisotopic (exact) mass is 251 g/mol. The Morgan fingerprint density at radius 2 is 1.50 bits per heavy atom. The van der Waals surface area contributed by atoms with Gasteiger partial charge in [0.1, 0.15) is 11.5 Å². The minimum absolute atomic E-state index is 0.743. The first-order valence-electron chi connectivity index (χ1n) is 6.70. The lowest BCUT2D eigenvalue weighted by atomic mass is 10.0. The molecule has 0 unspecified atom stereocenters. The molecule has 0 aromatic heterocycles. The van der Waals surface area contributed by atoms with Crippen molar-refractivity contribution in [3.05, 3.63) is 23.3 Å². The standard InChI is InChI=1S/C15H25NO2/c1-4-7-12-10-15(18-3)13(8-5-6-9-16)11-14(12)17-2/h10-11H,4-9,16H2,1-3H3. The molecule has 1 rings (SSSR count). The van der Waals surface area contributed by atoms with Crippen LogP contribution in [0.15, 0.2) is 12.1 Å². The molecule has 18 heavy (non-hydrogen) atoms. The van der Waals surface area contributed by atoms with Gasteiger partial charge in [-0.3, -0.25) is 0 Å². The zero-order valence-electron chi connectivity index (χ0n) is 11.8. The highest BCUT2D eigenvalue weighted by Gasteiger charge is 2.10. The topological polar surface area (TPSA) is 44.5 Å². The number of unbranched alkanes of at least 4 members (excludes halogenated alkanes) is 1. The van der Waals surface area contributed by atoms with Crippen LogP contribution < -0.4 is 15.2 Å². The van der Waals surface area contributed by atoms with Crippen LogP contribution >= 0.6 is 0 Å². The molecule has 0 aliphatic heterocycles. The quantitative estimate of drug-likeness (QED) is 0.722. The van der Waals surface area contributed by atoms with Crippen LogP contribution in [-0.2, 0) is 12.8 Å². The summed E-state index contributed by atoms with van der Waals surface area (Å²) in [5.41, 5.74) is 7.96. The Morgan fingerprint density at radius 3 is 1.94 bits per heavy atom. The van der Waals surface area contributed by atoms with Gasteiger partial charge in [-0.05, 0) is 55.5 Å². The van der Waals surface area contributed by atoms with Crippen molar-refractivity contribution in [3.8, 4) is 11.5 Å². The summed E-state index contributed by atoms with van der Waals surface area (Å²) >= 11 is 0. The fourth-order valence-electron chi connectivity index (χ4n) is 2.14. The molecule has 0 aliphatic rings. The fourth-order valence-corrected chi connectivity index (χ4v) is 2.14. The number of hydrogen-bond donors (Lipinski definition) is 1. The van der Waals surface area contributed by atoms with Crippen LogP contribution in [0.1, 0.15) is 37.3 Å². The van der Waals surface area contributed by atoms with E-state index in [0.29, 0.717) is 0 Å². The molecular formula is C15H25NO2. The number of ether oxygens (including phenoxy) is 2. The third-order valence-electron chi connectivity index (χ3n) is 3.10. The summed E-state index contributed by atoms with van der Waals surface area (Å²) in [6.07, 6.45) is 5.24. The highest BCUT2D eigenvalue weighted by atomic mass is 16.5. The third kappa shape index (κ3) is 3.91. The zero-order valence-corrected chi connectivity index (χ0v) is 11.8. The van der Waals surface area contributed by atoms with Gasteiger partial charge in [0.2, 0.25) is 0 Å². The van der Waals surface area contributed by atoms with Crippen LogP contribution in [-0.4, -0.2) is 20.8 Å². The molecule has 0 bridgehead atoms. The number of hydrogen-bond acceptors (Lipinski definition) is 3. The SMILES string of the molecule is CCCc1cc(OC)c(CCCCN)cc1OC. The minimum atomic E-state index is 0.743. The minimum Gasteiger partial charge on any atom is -0.496 e. The Balaban J connectivity index is 2.94. The third-order valence-corrected chi connectivity index (χ3v) is 3.10. The van der Waals surface area contributed by atoms with Gasteiger partial charge in [0.25, 0.3) is 0 Å². The highest BCUT2D eigenvalue weighted by Crippen LogP contribution is 2.30. The molecule has 2 N–H and O–H groups in total. The summed E-state index contributed by atoms with van der Waals surface area (Å²) in [6, 6.07) is 4.22. The van der Waals surface area contributed by atoms with Crippen molar-refractivity contribution in [2.24, 2.45) is 5.73 Å². The van der Waals surface area contributed by atoms with E-state index < -0.39 is 0 Å². The summed E-state index contributed by atoms with van der Waals surface area (Å²) < 4.78 is 10.9. The predicted octanol–water partition coefficient (Wildman–Crippen LogP) is 2.94. The van der Waals surface area contributed by atoms with Crippen molar-refractivity contribution in [1.82, 2.24) is 0 Å². The van der Waals surface area contributed by atoms with Gasteiger partial charge in [0.15, 0.2) is 0 Å². The first-order valence-corrected chi connectivity index (χ1v) is 6.70. The van der Waals surface area contributed by atoms with Crippen molar-refractivity contribution in [2.45, 2.75) is 39.0 Å². The molecule has 0 aliphatic carbocycles. The van der Waals surface area contributed by atoms with Gasteiger partial charge < -0.3 is 15.2 Å². The maximum atomic E-state index is 5.53. The van der Waals surface area contributed by atoms with E-state index in [1.54, 1.807) is 14.2 Å². The molecule has 0 atom stereocenters. The molecule has 0 amide bonds. The smallest absolute Gasteiger partial charge is 0.122 e. The molecular weight excluding hydrogens is 226 g/mol. The first-order chi connectivity index (χ1) is 8.76. The van der Waals surface area contributed by atoms with Crippen LogP contribution in [0.5, 0.6) is 11.5 Å². The van der Waals surface area contributed by atoms with E-state index in [9.17, 15) is 0 Å². The summed E-state index contributed by atoms with van der Waals surface area (Å²) in [4.78, 5) is 0. The molecule has 1 aromatic carbocycles. The molecule has 0 spiro atoms. The van der Waals surface area contributed by atoms with Crippen molar-refractivity contribution in [1.29, 1.82) is 0 Å². The van der Waals surface area contributed by atoms with Gasteiger partial charge in [-0.25, -0.2) is 0 Å². The Labute approximate surface area is 110 Å². The summed E-state index contributed by atoms with van der Waals surface area (Å²) in [7, 11) is 3.45. The van der Waals surface area contributed by atoms with E-state index in [1.807, 2.05) is 0 Å². The van der Waals surface area contributed by atoms with Crippen LogP contribution in [0.4, 0.5) is 0 Å². The number of methoxy groups -OCH3 is 2. The normalized spacial score (nSPS) is 10.4. The molecule has 3 heteroatoms. The Morgan fingerprint density at radius 1 is 0.944 bits per heavy atom. The van der Waals surface area contributed by atoms with Crippen LogP contribution in [0, 0.1) is 0 Å². The summed E-state index contributed by atoms with van der Waals surface area (Å²) in [5, 5.41) is 0. The van der Waals surface area contributed by atoms with Gasteiger partial charge in [-0.2, -0.15) is 0 Å². The van der Waals surface area contributed by atoms with Crippen LogP contribution in [0.2, 0.25) is 0 Å². The van der Waals surface area contributed by atoms with Crippen molar-refractivity contribution >= 4 is 0 Å². The average molecular weight is 251 g/mol.